The minimum atomic E-state index is -0.743. The summed E-state index contributed by atoms with van der Waals surface area (Å²) < 4.78 is 5.16. The highest BCUT2D eigenvalue weighted by atomic mass is 35.5. The van der Waals surface area contributed by atoms with Crippen molar-refractivity contribution in [2.75, 3.05) is 0 Å². The van der Waals surface area contributed by atoms with E-state index < -0.39 is 12.1 Å². The zero-order valence-electron chi connectivity index (χ0n) is 10.4. The van der Waals surface area contributed by atoms with Gasteiger partial charge in [-0.3, -0.25) is 9.59 Å². The van der Waals surface area contributed by atoms with Gasteiger partial charge in [0.15, 0.2) is 11.9 Å². The van der Waals surface area contributed by atoms with Crippen LogP contribution in [0.25, 0.3) is 0 Å². The molecule has 0 aromatic heterocycles. The lowest BCUT2D eigenvalue weighted by molar-refractivity contribution is -0.145. The molecule has 0 bridgehead atoms. The summed E-state index contributed by atoms with van der Waals surface area (Å²) in [5.41, 5.74) is 0.955. The van der Waals surface area contributed by atoms with Crippen LogP contribution in [0.5, 0.6) is 0 Å². The molecule has 0 amide bonds. The minimum absolute atomic E-state index is 0.129. The summed E-state index contributed by atoms with van der Waals surface area (Å²) in [6.07, 6.45) is -0.420. The minimum Gasteiger partial charge on any atom is -0.453 e. The number of carbonyl (C=O) groups excluding carboxylic acids is 2. The Morgan fingerprint density at radius 3 is 2.33 bits per heavy atom. The number of benzene rings is 1. The molecule has 0 fully saturated rings. The van der Waals surface area contributed by atoms with E-state index in [9.17, 15) is 9.59 Å². The van der Waals surface area contributed by atoms with E-state index in [1.54, 1.807) is 31.2 Å². The lowest BCUT2D eigenvalue weighted by atomic mass is 9.98. The topological polar surface area (TPSA) is 43.4 Å². The molecule has 3 nitrogen and oxygen atoms in total. The number of halogens is 1. The number of hydrogen-bond acceptors (Lipinski definition) is 3. The fraction of sp³-hybridized carbons (Fsp3) is 0.286. The first-order valence-corrected chi connectivity index (χ1v) is 5.98. The zero-order valence-corrected chi connectivity index (χ0v) is 11.2. The van der Waals surface area contributed by atoms with Gasteiger partial charge in [-0.05, 0) is 17.7 Å². The number of rotatable bonds is 5. The Balaban J connectivity index is 3.05. The molecule has 0 aliphatic rings. The summed E-state index contributed by atoms with van der Waals surface area (Å²) in [7, 11) is 0. The lowest BCUT2D eigenvalue weighted by Crippen LogP contribution is -2.15. The molecule has 0 aliphatic carbocycles. The second-order valence-electron chi connectivity index (χ2n) is 3.84. The standard InChI is InChI=1S/C14H15ClO3/c1-4-13(17)9(2)14(18-10(3)16)11-5-7-12(15)8-6-11/h5-8,14H,2,4H2,1,3H3. The maximum atomic E-state index is 11.7. The molecular weight excluding hydrogens is 252 g/mol. The third kappa shape index (κ3) is 3.70. The molecule has 0 radical (unpaired) electrons. The Kier molecular flexibility index (Phi) is 5.10. The molecule has 1 rings (SSSR count). The first-order chi connectivity index (χ1) is 8.45. The summed E-state index contributed by atoms with van der Waals surface area (Å²) in [5.74, 6) is -0.587. The Labute approximate surface area is 111 Å². The van der Waals surface area contributed by atoms with E-state index in [-0.39, 0.29) is 11.4 Å². The monoisotopic (exact) mass is 266 g/mol. The molecule has 4 heteroatoms. The van der Waals surface area contributed by atoms with Crippen molar-refractivity contribution in [1.29, 1.82) is 0 Å². The van der Waals surface area contributed by atoms with Crippen LogP contribution in [0.1, 0.15) is 31.9 Å². The summed E-state index contributed by atoms with van der Waals surface area (Å²) in [6.45, 7) is 6.75. The quantitative estimate of drug-likeness (QED) is 0.605. The highest BCUT2D eigenvalue weighted by Crippen LogP contribution is 2.27. The predicted octanol–water partition coefficient (Wildman–Crippen LogP) is 3.48. The highest BCUT2D eigenvalue weighted by Gasteiger charge is 2.22. The van der Waals surface area contributed by atoms with Crippen LogP contribution in [-0.4, -0.2) is 11.8 Å². The zero-order chi connectivity index (χ0) is 13.7. The van der Waals surface area contributed by atoms with E-state index in [0.29, 0.717) is 17.0 Å². The van der Waals surface area contributed by atoms with Gasteiger partial charge in [0.2, 0.25) is 0 Å². The summed E-state index contributed by atoms with van der Waals surface area (Å²) in [4.78, 5) is 22.8. The maximum Gasteiger partial charge on any atom is 0.303 e. The van der Waals surface area contributed by atoms with Crippen LogP contribution < -0.4 is 0 Å². The number of carbonyl (C=O) groups is 2. The summed E-state index contributed by atoms with van der Waals surface area (Å²) in [5, 5.41) is 0.577. The molecule has 96 valence electrons. The molecule has 1 unspecified atom stereocenters. The molecule has 0 saturated carbocycles. The Morgan fingerprint density at radius 2 is 1.89 bits per heavy atom. The van der Waals surface area contributed by atoms with Gasteiger partial charge < -0.3 is 4.74 Å². The summed E-state index contributed by atoms with van der Waals surface area (Å²) >= 11 is 5.79. The second-order valence-corrected chi connectivity index (χ2v) is 4.28. The molecular formula is C14H15ClO3. The second kappa shape index (κ2) is 6.36. The normalized spacial score (nSPS) is 11.7. The predicted molar refractivity (Wildman–Crippen MR) is 70.4 cm³/mol. The van der Waals surface area contributed by atoms with Gasteiger partial charge >= 0.3 is 5.97 Å². The number of ether oxygens (including phenoxy) is 1. The van der Waals surface area contributed by atoms with Crippen LogP contribution in [0, 0.1) is 0 Å². The van der Waals surface area contributed by atoms with Crippen molar-refractivity contribution in [3.05, 3.63) is 47.0 Å². The maximum absolute atomic E-state index is 11.7. The van der Waals surface area contributed by atoms with Crippen LogP contribution in [0.3, 0.4) is 0 Å². The van der Waals surface area contributed by atoms with Crippen molar-refractivity contribution in [2.45, 2.75) is 26.4 Å². The highest BCUT2D eigenvalue weighted by molar-refractivity contribution is 6.30. The fourth-order valence-corrected chi connectivity index (χ4v) is 1.64. The van der Waals surface area contributed by atoms with Crippen LogP contribution in [0.4, 0.5) is 0 Å². The Morgan fingerprint density at radius 1 is 1.33 bits per heavy atom. The van der Waals surface area contributed by atoms with Crippen molar-refractivity contribution in [3.8, 4) is 0 Å². The molecule has 0 spiro atoms. The molecule has 0 aliphatic heterocycles. The first-order valence-electron chi connectivity index (χ1n) is 5.60. The van der Waals surface area contributed by atoms with Crippen molar-refractivity contribution in [1.82, 2.24) is 0 Å². The number of hydrogen-bond donors (Lipinski definition) is 0. The van der Waals surface area contributed by atoms with Gasteiger partial charge in [-0.25, -0.2) is 0 Å². The average Bonchev–Trinajstić information content (AvgIpc) is 2.35. The van der Waals surface area contributed by atoms with Gasteiger partial charge in [0.1, 0.15) is 0 Å². The van der Waals surface area contributed by atoms with Gasteiger partial charge in [0.25, 0.3) is 0 Å². The van der Waals surface area contributed by atoms with Gasteiger partial charge in [-0.2, -0.15) is 0 Å². The van der Waals surface area contributed by atoms with Gasteiger partial charge in [0, 0.05) is 23.9 Å². The van der Waals surface area contributed by atoms with E-state index in [0.717, 1.165) is 0 Å². The molecule has 0 N–H and O–H groups in total. The van der Waals surface area contributed by atoms with Crippen LogP contribution in [0.2, 0.25) is 5.02 Å². The van der Waals surface area contributed by atoms with Crippen LogP contribution in [0.15, 0.2) is 36.4 Å². The van der Waals surface area contributed by atoms with Crippen molar-refractivity contribution in [3.63, 3.8) is 0 Å². The van der Waals surface area contributed by atoms with Crippen LogP contribution in [-0.2, 0) is 14.3 Å². The van der Waals surface area contributed by atoms with Crippen molar-refractivity contribution in [2.24, 2.45) is 0 Å². The number of esters is 1. The lowest BCUT2D eigenvalue weighted by Gasteiger charge is -2.18. The molecule has 1 aromatic carbocycles. The van der Waals surface area contributed by atoms with Gasteiger partial charge in [-0.15, -0.1) is 0 Å². The third-order valence-electron chi connectivity index (χ3n) is 2.45. The van der Waals surface area contributed by atoms with Gasteiger partial charge in [0.05, 0.1) is 0 Å². The molecule has 1 atom stereocenters. The largest absolute Gasteiger partial charge is 0.453 e. The molecule has 18 heavy (non-hydrogen) atoms. The van der Waals surface area contributed by atoms with E-state index in [2.05, 4.69) is 6.58 Å². The SMILES string of the molecule is C=C(C(=O)CC)C(OC(C)=O)c1ccc(Cl)cc1. The Bertz CT molecular complexity index is 462. The fourth-order valence-electron chi connectivity index (χ4n) is 1.52. The molecule has 1 aromatic rings. The molecule has 0 heterocycles. The number of ketones is 1. The van der Waals surface area contributed by atoms with Crippen LogP contribution >= 0.6 is 11.6 Å². The van der Waals surface area contributed by atoms with E-state index in [1.807, 2.05) is 0 Å². The average molecular weight is 267 g/mol. The Hall–Kier alpha value is -1.61. The summed E-state index contributed by atoms with van der Waals surface area (Å²) in [6, 6.07) is 6.78. The number of Topliss-reactive ketones (excluding diaryl/α,β-unsaturated/α-hetero) is 1. The van der Waals surface area contributed by atoms with E-state index in [1.165, 1.54) is 6.92 Å². The van der Waals surface area contributed by atoms with Crippen molar-refractivity contribution < 1.29 is 14.3 Å². The van der Waals surface area contributed by atoms with E-state index in [4.69, 9.17) is 16.3 Å². The van der Waals surface area contributed by atoms with Crippen molar-refractivity contribution >= 4 is 23.4 Å². The molecule has 0 saturated heterocycles. The third-order valence-corrected chi connectivity index (χ3v) is 2.70. The van der Waals surface area contributed by atoms with E-state index >= 15 is 0 Å². The first kappa shape index (κ1) is 14.5. The smallest absolute Gasteiger partial charge is 0.303 e. The van der Waals surface area contributed by atoms with Gasteiger partial charge in [-0.1, -0.05) is 37.2 Å².